The third kappa shape index (κ3) is 2.95. The number of fused-ring (bicyclic) bond motifs is 1. The smallest absolute Gasteiger partial charge is 0.289 e. The van der Waals surface area contributed by atoms with Gasteiger partial charge in [0.1, 0.15) is 5.76 Å². The Bertz CT molecular complexity index is 874. The van der Waals surface area contributed by atoms with Gasteiger partial charge < -0.3 is 14.6 Å². The van der Waals surface area contributed by atoms with E-state index in [0.717, 1.165) is 18.4 Å². The van der Waals surface area contributed by atoms with Crippen LogP contribution in [0.25, 0.3) is 0 Å². The summed E-state index contributed by atoms with van der Waals surface area (Å²) in [5.74, 6) is 0.911. The van der Waals surface area contributed by atoms with Crippen LogP contribution in [0.5, 0.6) is 0 Å². The molecule has 0 radical (unpaired) electrons. The van der Waals surface area contributed by atoms with Crippen LogP contribution in [0, 0.1) is 6.92 Å². The lowest BCUT2D eigenvalue weighted by molar-refractivity contribution is 0.0667. The van der Waals surface area contributed by atoms with E-state index >= 15 is 0 Å². The minimum Gasteiger partial charge on any atom is -0.455 e. The van der Waals surface area contributed by atoms with Crippen molar-refractivity contribution in [1.82, 2.24) is 10.2 Å². The minimum absolute atomic E-state index is 0.0204. The van der Waals surface area contributed by atoms with Crippen molar-refractivity contribution in [2.24, 2.45) is 0 Å². The number of nitrogens with one attached hydrogen (secondary N) is 1. The summed E-state index contributed by atoms with van der Waals surface area (Å²) < 4.78 is 5.83. The van der Waals surface area contributed by atoms with E-state index in [0.29, 0.717) is 53.7 Å². The number of carbonyl (C=O) groups excluding carboxylic acids is 2. The van der Waals surface area contributed by atoms with Gasteiger partial charge in [0.05, 0.1) is 11.6 Å². The molecule has 1 atom stereocenters. The fourth-order valence-corrected chi connectivity index (χ4v) is 4.16. The summed E-state index contributed by atoms with van der Waals surface area (Å²) in [7, 11) is 0. The number of benzene rings is 1. The number of furan rings is 1. The molecular weight excluding hydrogens is 352 g/mol. The zero-order valence-electron chi connectivity index (χ0n) is 14.7. The van der Waals surface area contributed by atoms with E-state index in [1.807, 2.05) is 31.2 Å². The van der Waals surface area contributed by atoms with Crippen LogP contribution in [0.3, 0.4) is 0 Å². The van der Waals surface area contributed by atoms with Crippen molar-refractivity contribution < 1.29 is 14.0 Å². The number of carbonyl (C=O) groups is 2. The van der Waals surface area contributed by atoms with Gasteiger partial charge in [-0.2, -0.15) is 0 Å². The summed E-state index contributed by atoms with van der Waals surface area (Å²) in [4.78, 5) is 27.0. The van der Waals surface area contributed by atoms with Crippen LogP contribution in [-0.2, 0) is 6.42 Å². The van der Waals surface area contributed by atoms with Gasteiger partial charge in [-0.3, -0.25) is 9.59 Å². The lowest BCUT2D eigenvalue weighted by Crippen LogP contribution is -2.48. The standard InChI is InChI=1S/C20H21ClN2O3/c1-12-18-16(24)7-4-8-17(18)26-19(12)20(25)23-10-9-22-15(11-23)13-5-2-3-6-14(13)21/h2-3,5-6,15,22H,4,7-11H2,1H3. The Morgan fingerprint density at radius 1 is 1.31 bits per heavy atom. The molecule has 2 aromatic rings. The number of rotatable bonds is 2. The summed E-state index contributed by atoms with van der Waals surface area (Å²) in [5.41, 5.74) is 2.29. The summed E-state index contributed by atoms with van der Waals surface area (Å²) in [6, 6.07) is 7.65. The fourth-order valence-electron chi connectivity index (χ4n) is 3.90. The quantitative estimate of drug-likeness (QED) is 0.875. The molecule has 0 saturated carbocycles. The topological polar surface area (TPSA) is 62.6 Å². The van der Waals surface area contributed by atoms with Crippen molar-refractivity contribution in [3.05, 3.63) is 57.5 Å². The van der Waals surface area contributed by atoms with Crippen LogP contribution in [-0.4, -0.2) is 36.2 Å². The minimum atomic E-state index is -0.150. The van der Waals surface area contributed by atoms with Crippen molar-refractivity contribution in [3.63, 3.8) is 0 Å². The van der Waals surface area contributed by atoms with Gasteiger partial charge in [0.15, 0.2) is 11.5 Å². The van der Waals surface area contributed by atoms with Gasteiger partial charge in [-0.15, -0.1) is 0 Å². The molecule has 2 aliphatic rings. The molecule has 1 N–H and O–H groups in total. The zero-order valence-corrected chi connectivity index (χ0v) is 15.4. The number of aryl methyl sites for hydroxylation is 1. The molecule has 4 rings (SSSR count). The second-order valence-corrected chi connectivity index (χ2v) is 7.32. The van der Waals surface area contributed by atoms with Crippen LogP contribution in [0.15, 0.2) is 28.7 Å². The number of Topliss-reactive ketones (excluding diaryl/α,β-unsaturated/α-hetero) is 1. The van der Waals surface area contributed by atoms with E-state index in [1.54, 1.807) is 4.90 Å². The Balaban J connectivity index is 1.59. The predicted molar refractivity (Wildman–Crippen MR) is 98.8 cm³/mol. The molecule has 1 aromatic heterocycles. The highest BCUT2D eigenvalue weighted by Gasteiger charge is 2.33. The van der Waals surface area contributed by atoms with E-state index in [1.165, 1.54) is 0 Å². The zero-order chi connectivity index (χ0) is 18.3. The first-order chi connectivity index (χ1) is 12.6. The summed E-state index contributed by atoms with van der Waals surface area (Å²) >= 11 is 6.31. The molecule has 1 unspecified atom stereocenters. The molecule has 1 aromatic carbocycles. The van der Waals surface area contributed by atoms with Crippen molar-refractivity contribution in [2.45, 2.75) is 32.2 Å². The van der Waals surface area contributed by atoms with Crippen LogP contribution in [0.2, 0.25) is 5.02 Å². The average molecular weight is 373 g/mol. The molecule has 0 spiro atoms. The molecule has 1 aliphatic heterocycles. The number of hydrogen-bond donors (Lipinski definition) is 1. The first-order valence-corrected chi connectivity index (χ1v) is 9.36. The molecule has 136 valence electrons. The summed E-state index contributed by atoms with van der Waals surface area (Å²) in [6.45, 7) is 3.60. The maximum absolute atomic E-state index is 13.1. The third-order valence-electron chi connectivity index (χ3n) is 5.24. The van der Waals surface area contributed by atoms with E-state index in [4.69, 9.17) is 16.0 Å². The van der Waals surface area contributed by atoms with Gasteiger partial charge >= 0.3 is 0 Å². The van der Waals surface area contributed by atoms with Crippen LogP contribution in [0.1, 0.15) is 56.7 Å². The second kappa shape index (κ2) is 6.89. The highest BCUT2D eigenvalue weighted by atomic mass is 35.5. The third-order valence-corrected chi connectivity index (χ3v) is 5.59. The van der Waals surface area contributed by atoms with Crippen molar-refractivity contribution in [3.8, 4) is 0 Å². The van der Waals surface area contributed by atoms with Crippen molar-refractivity contribution in [1.29, 1.82) is 0 Å². The maximum atomic E-state index is 13.1. The molecule has 0 bridgehead atoms. The number of hydrogen-bond acceptors (Lipinski definition) is 4. The number of nitrogens with zero attached hydrogens (tertiary/aromatic N) is 1. The molecule has 1 saturated heterocycles. The first kappa shape index (κ1) is 17.3. The van der Waals surface area contributed by atoms with E-state index < -0.39 is 0 Å². The van der Waals surface area contributed by atoms with Gasteiger partial charge in [0.25, 0.3) is 5.91 Å². The normalized spacial score (nSPS) is 20.2. The van der Waals surface area contributed by atoms with E-state index in [-0.39, 0.29) is 17.7 Å². The largest absolute Gasteiger partial charge is 0.455 e. The average Bonchev–Trinajstić information content (AvgIpc) is 2.99. The van der Waals surface area contributed by atoms with Crippen molar-refractivity contribution in [2.75, 3.05) is 19.6 Å². The molecule has 2 heterocycles. The predicted octanol–water partition coefficient (Wildman–Crippen LogP) is 3.55. The van der Waals surface area contributed by atoms with Gasteiger partial charge in [0, 0.05) is 43.1 Å². The van der Waals surface area contributed by atoms with Gasteiger partial charge in [-0.1, -0.05) is 29.8 Å². The first-order valence-electron chi connectivity index (χ1n) is 8.99. The Morgan fingerprint density at radius 2 is 2.12 bits per heavy atom. The molecule has 6 heteroatoms. The van der Waals surface area contributed by atoms with Crippen molar-refractivity contribution >= 4 is 23.3 Å². The number of halogens is 1. The molecule has 1 amide bonds. The highest BCUT2D eigenvalue weighted by Crippen LogP contribution is 2.31. The summed E-state index contributed by atoms with van der Waals surface area (Å²) in [6.07, 6.45) is 2.04. The fraction of sp³-hybridized carbons (Fsp3) is 0.400. The molecule has 5 nitrogen and oxygen atoms in total. The van der Waals surface area contributed by atoms with E-state index in [9.17, 15) is 9.59 Å². The molecular formula is C20H21ClN2O3. The van der Waals surface area contributed by atoms with Crippen LogP contribution in [0.4, 0.5) is 0 Å². The SMILES string of the molecule is Cc1c(C(=O)N2CCNC(c3ccccc3Cl)C2)oc2c1C(=O)CCC2. The maximum Gasteiger partial charge on any atom is 0.289 e. The molecule has 1 fully saturated rings. The van der Waals surface area contributed by atoms with E-state index in [2.05, 4.69) is 5.32 Å². The molecule has 1 aliphatic carbocycles. The number of amides is 1. The lowest BCUT2D eigenvalue weighted by atomic mass is 9.94. The number of ketones is 1. The molecule has 26 heavy (non-hydrogen) atoms. The van der Waals surface area contributed by atoms with Crippen LogP contribution >= 0.6 is 11.6 Å². The van der Waals surface area contributed by atoms with Crippen LogP contribution < -0.4 is 5.32 Å². The van der Waals surface area contributed by atoms with Gasteiger partial charge in [-0.05, 0) is 25.0 Å². The second-order valence-electron chi connectivity index (χ2n) is 6.91. The monoisotopic (exact) mass is 372 g/mol. The Kier molecular flexibility index (Phi) is 4.59. The lowest BCUT2D eigenvalue weighted by Gasteiger charge is -2.34. The van der Waals surface area contributed by atoms with Gasteiger partial charge in [0.2, 0.25) is 0 Å². The highest BCUT2D eigenvalue weighted by molar-refractivity contribution is 6.31. The Morgan fingerprint density at radius 3 is 2.88 bits per heavy atom. The Hall–Kier alpha value is -2.11. The van der Waals surface area contributed by atoms with Gasteiger partial charge in [-0.25, -0.2) is 0 Å². The summed E-state index contributed by atoms with van der Waals surface area (Å²) in [5, 5.41) is 4.11. The Labute approximate surface area is 157 Å². The number of piperazine rings is 1.